The number of carbonyl (C=O) groups is 1. The lowest BCUT2D eigenvalue weighted by atomic mass is 9.77. The Morgan fingerprint density at radius 2 is 2.03 bits per heavy atom. The van der Waals surface area contributed by atoms with Gasteiger partial charge < -0.3 is 15.0 Å². The van der Waals surface area contributed by atoms with Gasteiger partial charge in [0.25, 0.3) is 0 Å². The lowest BCUT2D eigenvalue weighted by Gasteiger charge is -2.45. The number of methoxy groups -OCH3 is 1. The van der Waals surface area contributed by atoms with Gasteiger partial charge in [-0.2, -0.15) is 0 Å². The van der Waals surface area contributed by atoms with E-state index in [0.717, 1.165) is 36.8 Å². The van der Waals surface area contributed by atoms with Gasteiger partial charge in [-0.3, -0.25) is 9.69 Å². The number of thiophene rings is 1. The molecule has 0 bridgehead atoms. The Bertz CT molecular complexity index is 971. The third kappa shape index (κ3) is 4.04. The zero-order valence-electron chi connectivity index (χ0n) is 18.0. The van der Waals surface area contributed by atoms with Crippen LogP contribution in [-0.2, 0) is 21.5 Å². The number of benzene rings is 1. The summed E-state index contributed by atoms with van der Waals surface area (Å²) in [6, 6.07) is 12.6. The number of aromatic amines is 1. The van der Waals surface area contributed by atoms with Gasteiger partial charge in [0.15, 0.2) is 0 Å². The van der Waals surface area contributed by atoms with Crippen LogP contribution in [0.25, 0.3) is 10.9 Å². The minimum Gasteiger partial charge on any atom is -0.468 e. The van der Waals surface area contributed by atoms with Crippen molar-refractivity contribution in [1.82, 2.24) is 15.2 Å². The summed E-state index contributed by atoms with van der Waals surface area (Å²) < 4.78 is 5.13. The Morgan fingerprint density at radius 3 is 2.70 bits per heavy atom. The minimum atomic E-state index is -0.340. The SMILES string of the molecule is COC(=O)C(Cc1c[nH]c2ccccc12)NC1CCC(c2cccs2)(N(C)C)CC1. The van der Waals surface area contributed by atoms with Crippen LogP contribution in [0.5, 0.6) is 0 Å². The van der Waals surface area contributed by atoms with Gasteiger partial charge in [0.1, 0.15) is 6.04 Å². The third-order valence-corrected chi connectivity index (χ3v) is 7.73. The van der Waals surface area contributed by atoms with Gasteiger partial charge in [-0.1, -0.05) is 24.3 Å². The third-order valence-electron chi connectivity index (χ3n) is 6.67. The smallest absolute Gasteiger partial charge is 0.323 e. The average Bonchev–Trinajstić information content (AvgIpc) is 3.44. The first kappa shape index (κ1) is 21.1. The molecule has 1 saturated carbocycles. The first-order valence-corrected chi connectivity index (χ1v) is 11.5. The molecule has 30 heavy (non-hydrogen) atoms. The second-order valence-corrected chi connectivity index (χ2v) is 9.43. The van der Waals surface area contributed by atoms with Crippen LogP contribution in [-0.4, -0.2) is 49.1 Å². The van der Waals surface area contributed by atoms with E-state index in [0.29, 0.717) is 12.5 Å². The van der Waals surface area contributed by atoms with Crippen molar-refractivity contribution < 1.29 is 9.53 Å². The molecule has 2 heterocycles. The van der Waals surface area contributed by atoms with Crippen LogP contribution < -0.4 is 5.32 Å². The predicted molar refractivity (Wildman–Crippen MR) is 123 cm³/mol. The monoisotopic (exact) mass is 425 g/mol. The maximum absolute atomic E-state index is 12.6. The van der Waals surface area contributed by atoms with Crippen LogP contribution in [0.2, 0.25) is 0 Å². The Balaban J connectivity index is 1.46. The quantitative estimate of drug-likeness (QED) is 0.554. The van der Waals surface area contributed by atoms with Crippen molar-refractivity contribution in [2.24, 2.45) is 0 Å². The Morgan fingerprint density at radius 1 is 1.27 bits per heavy atom. The summed E-state index contributed by atoms with van der Waals surface area (Å²) >= 11 is 1.84. The lowest BCUT2D eigenvalue weighted by Crippen LogP contribution is -2.51. The molecule has 0 radical (unpaired) electrons. The number of carbonyl (C=O) groups excluding carboxylic acids is 1. The maximum atomic E-state index is 12.6. The number of H-pyrrole nitrogens is 1. The molecule has 1 aromatic carbocycles. The van der Waals surface area contributed by atoms with E-state index in [2.05, 4.69) is 58.9 Å². The summed E-state index contributed by atoms with van der Waals surface area (Å²) in [6.45, 7) is 0. The lowest BCUT2D eigenvalue weighted by molar-refractivity contribution is -0.143. The first-order valence-electron chi connectivity index (χ1n) is 10.6. The highest BCUT2D eigenvalue weighted by Crippen LogP contribution is 2.43. The van der Waals surface area contributed by atoms with Crippen LogP contribution >= 0.6 is 11.3 Å². The largest absolute Gasteiger partial charge is 0.468 e. The van der Waals surface area contributed by atoms with E-state index < -0.39 is 0 Å². The molecule has 4 rings (SSSR count). The van der Waals surface area contributed by atoms with Crippen molar-refractivity contribution in [3.05, 3.63) is 58.4 Å². The number of fused-ring (bicyclic) bond motifs is 1. The molecular weight excluding hydrogens is 394 g/mol. The van der Waals surface area contributed by atoms with E-state index in [9.17, 15) is 4.79 Å². The molecule has 2 N–H and O–H groups in total. The van der Waals surface area contributed by atoms with E-state index in [1.165, 1.54) is 17.4 Å². The van der Waals surface area contributed by atoms with Crippen LogP contribution in [0, 0.1) is 0 Å². The maximum Gasteiger partial charge on any atom is 0.323 e. The number of aromatic nitrogens is 1. The van der Waals surface area contributed by atoms with Gasteiger partial charge in [0, 0.05) is 34.4 Å². The van der Waals surface area contributed by atoms with Crippen LogP contribution in [0.4, 0.5) is 0 Å². The van der Waals surface area contributed by atoms with E-state index in [1.54, 1.807) is 0 Å². The standard InChI is InChI=1S/C24H31N3O2S/c1-27(2)24(22-9-6-14-30-22)12-10-18(11-13-24)26-21(23(28)29-3)15-17-16-25-20-8-5-4-7-19(17)20/h4-9,14,16,18,21,25-26H,10-13,15H2,1-3H3. The molecule has 1 unspecified atom stereocenters. The fourth-order valence-electron chi connectivity index (χ4n) is 4.88. The zero-order chi connectivity index (χ0) is 21.1. The van der Waals surface area contributed by atoms with Gasteiger partial charge >= 0.3 is 5.97 Å². The van der Waals surface area contributed by atoms with Crippen LogP contribution in [0.3, 0.4) is 0 Å². The van der Waals surface area contributed by atoms with Crippen molar-refractivity contribution in [3.63, 3.8) is 0 Å². The number of nitrogens with one attached hydrogen (secondary N) is 2. The summed E-state index contributed by atoms with van der Waals surface area (Å²) in [6.07, 6.45) is 6.88. The van der Waals surface area contributed by atoms with Crippen molar-refractivity contribution >= 4 is 28.2 Å². The van der Waals surface area contributed by atoms with Crippen LogP contribution in [0.15, 0.2) is 48.0 Å². The van der Waals surface area contributed by atoms with Gasteiger partial charge in [-0.15, -0.1) is 11.3 Å². The molecule has 6 heteroatoms. The average molecular weight is 426 g/mol. The molecule has 5 nitrogen and oxygen atoms in total. The highest BCUT2D eigenvalue weighted by Gasteiger charge is 2.40. The number of hydrogen-bond donors (Lipinski definition) is 2. The topological polar surface area (TPSA) is 57.4 Å². The highest BCUT2D eigenvalue weighted by atomic mass is 32.1. The van der Waals surface area contributed by atoms with Gasteiger partial charge in [0.05, 0.1) is 12.6 Å². The Labute approximate surface area is 182 Å². The van der Waals surface area contributed by atoms with Gasteiger partial charge in [-0.25, -0.2) is 0 Å². The van der Waals surface area contributed by atoms with Crippen molar-refractivity contribution in [1.29, 1.82) is 0 Å². The summed E-state index contributed by atoms with van der Waals surface area (Å²) in [5.41, 5.74) is 2.34. The van der Waals surface area contributed by atoms with E-state index >= 15 is 0 Å². The Hall–Kier alpha value is -2.15. The highest BCUT2D eigenvalue weighted by molar-refractivity contribution is 7.10. The molecule has 0 spiro atoms. The molecule has 1 aliphatic rings. The molecule has 0 saturated heterocycles. The van der Waals surface area contributed by atoms with Crippen molar-refractivity contribution in [2.75, 3.05) is 21.2 Å². The first-order chi connectivity index (χ1) is 14.5. The van der Waals surface area contributed by atoms with Crippen molar-refractivity contribution in [3.8, 4) is 0 Å². The molecule has 2 aromatic heterocycles. The normalized spacial score (nSPS) is 23.0. The number of rotatable bonds is 7. The second kappa shape index (κ2) is 8.92. The molecule has 1 atom stereocenters. The van der Waals surface area contributed by atoms with E-state index in [4.69, 9.17) is 4.74 Å². The molecular formula is C24H31N3O2S. The number of hydrogen-bond acceptors (Lipinski definition) is 5. The molecule has 3 aromatic rings. The van der Waals surface area contributed by atoms with Crippen molar-refractivity contribution in [2.45, 2.75) is 49.7 Å². The minimum absolute atomic E-state index is 0.101. The summed E-state index contributed by atoms with van der Waals surface area (Å²) in [5, 5.41) is 6.96. The number of para-hydroxylation sites is 1. The van der Waals surface area contributed by atoms with Gasteiger partial charge in [-0.05, 0) is 62.9 Å². The molecule has 0 aliphatic heterocycles. The molecule has 0 amide bonds. The Kier molecular flexibility index (Phi) is 6.27. The molecule has 1 fully saturated rings. The molecule has 160 valence electrons. The zero-order valence-corrected chi connectivity index (χ0v) is 18.8. The number of ether oxygens (including phenoxy) is 1. The fraction of sp³-hybridized carbons (Fsp3) is 0.458. The van der Waals surface area contributed by atoms with Crippen LogP contribution in [0.1, 0.15) is 36.1 Å². The van der Waals surface area contributed by atoms with Gasteiger partial charge in [0.2, 0.25) is 0 Å². The summed E-state index contributed by atoms with van der Waals surface area (Å²) in [4.78, 5) is 19.7. The summed E-state index contributed by atoms with van der Waals surface area (Å²) in [7, 11) is 5.84. The second-order valence-electron chi connectivity index (χ2n) is 8.48. The predicted octanol–water partition coefficient (Wildman–Crippen LogP) is 4.30. The summed E-state index contributed by atoms with van der Waals surface area (Å²) in [5.74, 6) is -0.192. The molecule has 1 aliphatic carbocycles. The fourth-order valence-corrected chi connectivity index (χ4v) is 5.94. The number of nitrogens with zero attached hydrogens (tertiary/aromatic N) is 1. The van der Waals surface area contributed by atoms with E-state index in [-0.39, 0.29) is 17.6 Å². The number of esters is 1. The van der Waals surface area contributed by atoms with E-state index in [1.807, 2.05) is 29.7 Å².